The van der Waals surface area contributed by atoms with Crippen LogP contribution in [-0.2, 0) is 25.5 Å². The van der Waals surface area contributed by atoms with Crippen LogP contribution in [0.15, 0.2) is 36.4 Å². The van der Waals surface area contributed by atoms with Crippen molar-refractivity contribution in [3.8, 4) is 6.07 Å². The Balaban J connectivity index is 2.43. The van der Waals surface area contributed by atoms with Crippen molar-refractivity contribution in [3.63, 3.8) is 0 Å². The molecule has 0 aliphatic carbocycles. The van der Waals surface area contributed by atoms with Crippen LogP contribution in [-0.4, -0.2) is 26.2 Å². The van der Waals surface area contributed by atoms with Crippen molar-refractivity contribution in [1.29, 1.82) is 5.26 Å². The minimum absolute atomic E-state index is 0.219. The van der Waals surface area contributed by atoms with E-state index < -0.39 is 12.0 Å². The average Bonchev–Trinajstić information content (AvgIpc) is 2.72. The lowest BCUT2D eigenvalue weighted by molar-refractivity contribution is -0.142. The fraction of sp³-hybridized carbons (Fsp3) is 0.318. The summed E-state index contributed by atoms with van der Waals surface area (Å²) in [6.45, 7) is 3.96. The van der Waals surface area contributed by atoms with E-state index in [2.05, 4.69) is 11.4 Å². The van der Waals surface area contributed by atoms with E-state index in [9.17, 15) is 9.59 Å². The van der Waals surface area contributed by atoms with Gasteiger partial charge in [0, 0.05) is 12.1 Å². The van der Waals surface area contributed by atoms with E-state index in [1.807, 2.05) is 26.0 Å². The summed E-state index contributed by atoms with van der Waals surface area (Å²) in [4.78, 5) is 24.2. The van der Waals surface area contributed by atoms with E-state index in [0.29, 0.717) is 17.7 Å². The lowest BCUT2D eigenvalue weighted by Crippen LogP contribution is -2.24. The number of nitrogens with zero attached hydrogens (tertiary/aromatic N) is 1. The quantitative estimate of drug-likeness (QED) is 0.738. The lowest BCUT2D eigenvalue weighted by Gasteiger charge is -2.22. The third-order valence-corrected chi connectivity index (χ3v) is 4.65. The van der Waals surface area contributed by atoms with E-state index in [-0.39, 0.29) is 12.4 Å². The van der Waals surface area contributed by atoms with E-state index in [0.717, 1.165) is 22.3 Å². The summed E-state index contributed by atoms with van der Waals surface area (Å²) in [5, 5.41) is 12.1. The fourth-order valence-corrected chi connectivity index (χ4v) is 2.91. The summed E-state index contributed by atoms with van der Waals surface area (Å²) in [6.07, 6.45) is 0.669. The molecule has 1 unspecified atom stereocenters. The number of esters is 2. The third-order valence-electron chi connectivity index (χ3n) is 4.65. The van der Waals surface area contributed by atoms with Crippen molar-refractivity contribution in [1.82, 2.24) is 0 Å². The highest BCUT2D eigenvalue weighted by molar-refractivity contribution is 5.82. The maximum Gasteiger partial charge on any atom is 0.332 e. The minimum atomic E-state index is -0.745. The van der Waals surface area contributed by atoms with Gasteiger partial charge in [-0.25, -0.2) is 4.79 Å². The van der Waals surface area contributed by atoms with Crippen LogP contribution >= 0.6 is 0 Å². The molecule has 0 aliphatic rings. The molecule has 0 amide bonds. The number of hydrogen-bond acceptors (Lipinski definition) is 6. The summed E-state index contributed by atoms with van der Waals surface area (Å²) < 4.78 is 9.75. The smallest absolute Gasteiger partial charge is 0.332 e. The molecular weight excluding hydrogens is 356 g/mol. The SMILES string of the molecule is COC(=O)CCc1cc(C)c(C)cc1C(Nc1ccc(C#N)cc1)C(=O)OC. The van der Waals surface area contributed by atoms with Gasteiger partial charge in [-0.3, -0.25) is 4.79 Å². The molecule has 0 radical (unpaired) electrons. The second-order valence-corrected chi connectivity index (χ2v) is 6.50. The molecule has 0 aromatic heterocycles. The minimum Gasteiger partial charge on any atom is -0.469 e. The number of methoxy groups -OCH3 is 2. The van der Waals surface area contributed by atoms with Crippen LogP contribution in [0.5, 0.6) is 0 Å². The Labute approximate surface area is 165 Å². The molecule has 0 spiro atoms. The summed E-state index contributed by atoms with van der Waals surface area (Å²) >= 11 is 0. The third kappa shape index (κ3) is 5.10. The van der Waals surface area contributed by atoms with E-state index in [1.165, 1.54) is 14.2 Å². The van der Waals surface area contributed by atoms with Crippen molar-refractivity contribution in [2.24, 2.45) is 0 Å². The number of nitrogens with one attached hydrogen (secondary N) is 1. The molecule has 146 valence electrons. The summed E-state index contributed by atoms with van der Waals surface area (Å²) in [5.41, 5.74) is 4.96. The molecule has 6 heteroatoms. The first kappa shape index (κ1) is 21.0. The number of carbonyl (C=O) groups excluding carboxylic acids is 2. The zero-order valence-electron chi connectivity index (χ0n) is 16.5. The van der Waals surface area contributed by atoms with Crippen LogP contribution in [0.3, 0.4) is 0 Å². The first-order valence-electron chi connectivity index (χ1n) is 8.91. The molecule has 28 heavy (non-hydrogen) atoms. The summed E-state index contributed by atoms with van der Waals surface area (Å²) in [7, 11) is 2.69. The van der Waals surface area contributed by atoms with Crippen molar-refractivity contribution in [2.75, 3.05) is 19.5 Å². The molecule has 0 saturated heterocycles. The van der Waals surface area contributed by atoms with Gasteiger partial charge >= 0.3 is 11.9 Å². The molecule has 2 aromatic carbocycles. The van der Waals surface area contributed by atoms with Crippen LogP contribution in [0.25, 0.3) is 0 Å². The van der Waals surface area contributed by atoms with Gasteiger partial charge in [-0.1, -0.05) is 12.1 Å². The van der Waals surface area contributed by atoms with Crippen molar-refractivity contribution < 1.29 is 19.1 Å². The van der Waals surface area contributed by atoms with Crippen LogP contribution in [0.2, 0.25) is 0 Å². The highest BCUT2D eigenvalue weighted by Crippen LogP contribution is 2.28. The lowest BCUT2D eigenvalue weighted by atomic mass is 9.92. The van der Waals surface area contributed by atoms with Gasteiger partial charge in [-0.05, 0) is 66.8 Å². The molecule has 1 atom stereocenters. The maximum absolute atomic E-state index is 12.6. The Morgan fingerprint density at radius 3 is 2.29 bits per heavy atom. The molecule has 2 aromatic rings. The highest BCUT2D eigenvalue weighted by atomic mass is 16.5. The van der Waals surface area contributed by atoms with E-state index in [4.69, 9.17) is 14.7 Å². The molecular formula is C22H24N2O4. The predicted octanol–water partition coefficient (Wildman–Crippen LogP) is 3.61. The summed E-state index contributed by atoms with van der Waals surface area (Å²) in [5.74, 6) is -0.745. The number of anilines is 1. The predicted molar refractivity (Wildman–Crippen MR) is 106 cm³/mol. The molecule has 2 rings (SSSR count). The number of aryl methyl sites for hydroxylation is 3. The summed E-state index contributed by atoms with van der Waals surface area (Å²) in [6, 6.07) is 12.1. The standard InChI is InChI=1S/C22H24N2O4/c1-14-11-17(7-10-20(25)27-3)19(12-15(14)2)21(22(26)28-4)24-18-8-5-16(13-23)6-9-18/h5-6,8-9,11-12,21,24H,7,10H2,1-4H3. The van der Waals surface area contributed by atoms with E-state index in [1.54, 1.807) is 24.3 Å². The molecule has 0 heterocycles. The molecule has 0 bridgehead atoms. The van der Waals surface area contributed by atoms with Gasteiger partial charge < -0.3 is 14.8 Å². The monoisotopic (exact) mass is 380 g/mol. The average molecular weight is 380 g/mol. The van der Waals surface area contributed by atoms with Crippen LogP contribution < -0.4 is 5.32 Å². The van der Waals surface area contributed by atoms with Gasteiger partial charge in [0.1, 0.15) is 0 Å². The number of rotatable bonds is 7. The van der Waals surface area contributed by atoms with Crippen molar-refractivity contribution in [3.05, 3.63) is 64.2 Å². The number of hydrogen-bond donors (Lipinski definition) is 1. The normalized spacial score (nSPS) is 11.2. The van der Waals surface area contributed by atoms with E-state index >= 15 is 0 Å². The molecule has 0 aliphatic heterocycles. The first-order chi connectivity index (χ1) is 13.4. The number of carbonyl (C=O) groups is 2. The van der Waals surface area contributed by atoms with Gasteiger partial charge in [0.05, 0.1) is 25.9 Å². The second-order valence-electron chi connectivity index (χ2n) is 6.50. The van der Waals surface area contributed by atoms with Gasteiger partial charge in [-0.2, -0.15) is 5.26 Å². The van der Waals surface area contributed by atoms with Crippen LogP contribution in [0, 0.1) is 25.2 Å². The fourth-order valence-electron chi connectivity index (χ4n) is 2.91. The molecule has 6 nitrogen and oxygen atoms in total. The van der Waals surface area contributed by atoms with Gasteiger partial charge in [0.2, 0.25) is 0 Å². The van der Waals surface area contributed by atoms with Gasteiger partial charge in [-0.15, -0.1) is 0 Å². The van der Waals surface area contributed by atoms with Crippen molar-refractivity contribution >= 4 is 17.6 Å². The number of ether oxygens (including phenoxy) is 2. The van der Waals surface area contributed by atoms with Crippen LogP contribution in [0.1, 0.15) is 40.3 Å². The second kappa shape index (κ2) is 9.56. The van der Waals surface area contributed by atoms with Crippen molar-refractivity contribution in [2.45, 2.75) is 32.7 Å². The van der Waals surface area contributed by atoms with Crippen LogP contribution in [0.4, 0.5) is 5.69 Å². The number of nitriles is 1. The molecule has 0 fully saturated rings. The maximum atomic E-state index is 12.6. The Hall–Kier alpha value is -3.33. The molecule has 0 saturated carbocycles. The van der Waals surface area contributed by atoms with Gasteiger partial charge in [0.25, 0.3) is 0 Å². The first-order valence-corrected chi connectivity index (χ1v) is 8.91. The Morgan fingerprint density at radius 2 is 1.71 bits per heavy atom. The Bertz CT molecular complexity index is 898. The number of benzene rings is 2. The highest BCUT2D eigenvalue weighted by Gasteiger charge is 2.25. The topological polar surface area (TPSA) is 88.4 Å². The largest absolute Gasteiger partial charge is 0.469 e. The Morgan fingerprint density at radius 1 is 1.07 bits per heavy atom. The molecule has 1 N–H and O–H groups in total. The van der Waals surface area contributed by atoms with Gasteiger partial charge in [0.15, 0.2) is 6.04 Å². The Kier molecular flexibility index (Phi) is 7.16. The zero-order chi connectivity index (χ0) is 20.7. The zero-order valence-corrected chi connectivity index (χ0v) is 16.5.